The van der Waals surface area contributed by atoms with Crippen molar-refractivity contribution in [1.29, 1.82) is 0 Å². The summed E-state index contributed by atoms with van der Waals surface area (Å²) >= 11 is 0. The van der Waals surface area contributed by atoms with Crippen molar-refractivity contribution < 1.29 is 18.3 Å². The summed E-state index contributed by atoms with van der Waals surface area (Å²) < 4.78 is 35.9. The van der Waals surface area contributed by atoms with Crippen molar-refractivity contribution in [3.05, 3.63) is 24.5 Å². The van der Waals surface area contributed by atoms with E-state index in [0.717, 1.165) is 43.9 Å². The number of hydrogen-bond acceptors (Lipinski definition) is 6. The lowest BCUT2D eigenvalue weighted by molar-refractivity contribution is -0.0605. The number of halogens is 2. The molecule has 0 bridgehead atoms. The number of hydrogen-bond donors (Lipinski definition) is 1. The molecule has 0 radical (unpaired) electrons. The number of piperidine rings is 1. The molecule has 2 atom stereocenters. The zero-order chi connectivity index (χ0) is 20.7. The first-order valence-corrected chi connectivity index (χ1v) is 10.6. The summed E-state index contributed by atoms with van der Waals surface area (Å²) in [5, 5.41) is 4.45. The summed E-state index contributed by atoms with van der Waals surface area (Å²) in [5.74, 6) is 1.98. The van der Waals surface area contributed by atoms with Crippen molar-refractivity contribution in [2.75, 3.05) is 32.0 Å². The van der Waals surface area contributed by atoms with Crippen molar-refractivity contribution in [2.45, 2.75) is 44.4 Å². The van der Waals surface area contributed by atoms with E-state index in [2.05, 4.69) is 19.7 Å². The number of likely N-dealkylation sites (tertiary alicyclic amines) is 1. The van der Waals surface area contributed by atoms with Crippen LogP contribution in [0.1, 0.15) is 31.7 Å². The average molecular weight is 419 g/mol. The molecule has 0 spiro atoms. The third-order valence-electron chi connectivity index (χ3n) is 6.59. The third-order valence-corrected chi connectivity index (χ3v) is 6.59. The van der Waals surface area contributed by atoms with Crippen LogP contribution in [0.4, 0.5) is 14.6 Å². The smallest absolute Gasteiger partial charge is 0.387 e. The molecule has 162 valence electrons. The highest BCUT2D eigenvalue weighted by Gasteiger charge is 2.47. The number of pyridine rings is 1. The predicted octanol–water partition coefficient (Wildman–Crippen LogP) is 3.19. The predicted molar refractivity (Wildman–Crippen MR) is 107 cm³/mol. The lowest BCUT2D eigenvalue weighted by Crippen LogP contribution is -2.48. The van der Waals surface area contributed by atoms with E-state index in [0.29, 0.717) is 17.3 Å². The van der Waals surface area contributed by atoms with Gasteiger partial charge >= 0.3 is 6.61 Å². The van der Waals surface area contributed by atoms with E-state index in [-0.39, 0.29) is 11.6 Å². The maximum atomic E-state index is 12.3. The van der Waals surface area contributed by atoms with Gasteiger partial charge in [-0.2, -0.15) is 13.9 Å². The lowest BCUT2D eigenvalue weighted by Gasteiger charge is -2.35. The van der Waals surface area contributed by atoms with Crippen LogP contribution in [0, 0.1) is 11.8 Å². The quantitative estimate of drug-likeness (QED) is 0.802. The highest BCUT2D eigenvalue weighted by atomic mass is 19.3. The Bertz CT molecular complexity index is 874. The van der Waals surface area contributed by atoms with Gasteiger partial charge < -0.3 is 15.2 Å². The van der Waals surface area contributed by atoms with Gasteiger partial charge in [0.2, 0.25) is 0 Å². The highest BCUT2D eigenvalue weighted by molar-refractivity contribution is 5.63. The van der Waals surface area contributed by atoms with Gasteiger partial charge in [0.15, 0.2) is 11.6 Å². The van der Waals surface area contributed by atoms with Crippen LogP contribution in [-0.2, 0) is 4.74 Å². The second-order valence-electron chi connectivity index (χ2n) is 8.65. The fourth-order valence-corrected chi connectivity index (χ4v) is 4.30. The Labute approximate surface area is 174 Å². The standard InChI is InChI=1S/C13H14F2N4O.C8H13NO/c14-13(15)20-11-6-8(7-17-12(11)16)10-4-5-19(18-10)9-2-1-3-9;1-6-2-9(3-7(1)6)8-4-10-5-8/h4-7,9,13H,1-3H2,(H2,16,17);6-8H,1-5H2. The number of nitrogen functional groups attached to an aromatic ring is 1. The number of rotatable bonds is 5. The van der Waals surface area contributed by atoms with Gasteiger partial charge in [0.05, 0.1) is 31.0 Å². The maximum absolute atomic E-state index is 12.3. The van der Waals surface area contributed by atoms with Crippen LogP contribution in [0.3, 0.4) is 0 Å². The summed E-state index contributed by atoms with van der Waals surface area (Å²) in [5.41, 5.74) is 6.78. The van der Waals surface area contributed by atoms with E-state index in [9.17, 15) is 8.78 Å². The number of aromatic nitrogens is 3. The molecule has 9 heteroatoms. The highest BCUT2D eigenvalue weighted by Crippen LogP contribution is 2.45. The van der Waals surface area contributed by atoms with Crippen molar-refractivity contribution in [2.24, 2.45) is 11.8 Å². The fourth-order valence-electron chi connectivity index (χ4n) is 4.30. The lowest BCUT2D eigenvalue weighted by atomic mass is 9.93. The minimum Gasteiger partial charge on any atom is -0.431 e. The van der Waals surface area contributed by atoms with Crippen LogP contribution in [0.5, 0.6) is 5.75 Å². The molecule has 0 amide bonds. The number of ether oxygens (including phenoxy) is 2. The molecule has 7 nitrogen and oxygen atoms in total. The topological polar surface area (TPSA) is 78.4 Å². The fraction of sp³-hybridized carbons (Fsp3) is 0.619. The first-order valence-electron chi connectivity index (χ1n) is 10.6. The molecule has 4 fully saturated rings. The molecule has 2 aromatic rings. The number of nitrogens with two attached hydrogens (primary N) is 1. The molecular formula is C21H27F2N5O2. The maximum Gasteiger partial charge on any atom is 0.387 e. The zero-order valence-electron chi connectivity index (χ0n) is 16.8. The third kappa shape index (κ3) is 4.13. The molecular weight excluding hydrogens is 392 g/mol. The number of fused-ring (bicyclic) bond motifs is 1. The molecule has 2 saturated heterocycles. The minimum atomic E-state index is -2.93. The molecule has 2 aliphatic carbocycles. The van der Waals surface area contributed by atoms with E-state index in [1.165, 1.54) is 38.2 Å². The van der Waals surface area contributed by atoms with Crippen LogP contribution >= 0.6 is 0 Å². The molecule has 4 aliphatic rings. The van der Waals surface area contributed by atoms with Crippen LogP contribution in [0.2, 0.25) is 0 Å². The second-order valence-corrected chi connectivity index (χ2v) is 8.65. The van der Waals surface area contributed by atoms with Gasteiger partial charge in [-0.3, -0.25) is 9.58 Å². The van der Waals surface area contributed by atoms with Crippen molar-refractivity contribution in [3.8, 4) is 17.0 Å². The minimum absolute atomic E-state index is 0.0625. The molecule has 2 unspecified atom stereocenters. The Kier molecular flexibility index (Phi) is 5.32. The van der Waals surface area contributed by atoms with Gasteiger partial charge in [0.25, 0.3) is 0 Å². The second kappa shape index (κ2) is 8.11. The van der Waals surface area contributed by atoms with Gasteiger partial charge in [0.1, 0.15) is 0 Å². The van der Waals surface area contributed by atoms with Crippen LogP contribution in [0.25, 0.3) is 11.3 Å². The SMILES string of the molecule is C1C2CN(C3COC3)CC12.Nc1ncc(-c2ccn(C3CCC3)n2)cc1OC(F)F. The number of alkyl halides is 2. The van der Waals surface area contributed by atoms with Crippen LogP contribution in [0.15, 0.2) is 24.5 Å². The van der Waals surface area contributed by atoms with E-state index in [1.807, 2.05) is 16.9 Å². The number of nitrogens with zero attached hydrogens (tertiary/aromatic N) is 4. The molecule has 2 N–H and O–H groups in total. The number of anilines is 1. The van der Waals surface area contributed by atoms with Crippen molar-refractivity contribution in [1.82, 2.24) is 19.7 Å². The molecule has 2 aromatic heterocycles. The first kappa shape index (κ1) is 19.7. The van der Waals surface area contributed by atoms with Gasteiger partial charge in [0, 0.05) is 31.0 Å². The summed E-state index contributed by atoms with van der Waals surface area (Å²) in [6.07, 6.45) is 8.38. The van der Waals surface area contributed by atoms with Crippen LogP contribution in [-0.4, -0.2) is 58.6 Å². The van der Waals surface area contributed by atoms with Gasteiger partial charge in [-0.25, -0.2) is 4.98 Å². The van der Waals surface area contributed by atoms with Crippen LogP contribution < -0.4 is 10.5 Å². The Morgan fingerprint density at radius 3 is 2.53 bits per heavy atom. The Hall–Kier alpha value is -2.26. The van der Waals surface area contributed by atoms with E-state index in [1.54, 1.807) is 0 Å². The largest absolute Gasteiger partial charge is 0.431 e. The first-order chi connectivity index (χ1) is 14.6. The van der Waals surface area contributed by atoms with Gasteiger partial charge in [-0.1, -0.05) is 0 Å². The zero-order valence-corrected chi connectivity index (χ0v) is 16.8. The Morgan fingerprint density at radius 2 is 1.93 bits per heavy atom. The van der Waals surface area contributed by atoms with Crippen molar-refractivity contribution >= 4 is 5.82 Å². The summed E-state index contributed by atoms with van der Waals surface area (Å²) in [6.45, 7) is 1.82. The molecule has 4 heterocycles. The Balaban J connectivity index is 0.000000159. The molecule has 0 aromatic carbocycles. The van der Waals surface area contributed by atoms with Gasteiger partial charge in [-0.05, 0) is 49.7 Å². The summed E-state index contributed by atoms with van der Waals surface area (Å²) in [6, 6.07) is 4.51. The molecule has 6 rings (SSSR count). The summed E-state index contributed by atoms with van der Waals surface area (Å²) in [7, 11) is 0. The monoisotopic (exact) mass is 419 g/mol. The molecule has 2 saturated carbocycles. The average Bonchev–Trinajstić information content (AvgIpc) is 3.00. The van der Waals surface area contributed by atoms with Crippen molar-refractivity contribution in [3.63, 3.8) is 0 Å². The Morgan fingerprint density at radius 1 is 1.17 bits per heavy atom. The molecule has 2 aliphatic heterocycles. The normalized spacial score (nSPS) is 25.8. The molecule has 30 heavy (non-hydrogen) atoms. The van der Waals surface area contributed by atoms with E-state index in [4.69, 9.17) is 10.5 Å². The van der Waals surface area contributed by atoms with E-state index < -0.39 is 6.61 Å². The summed E-state index contributed by atoms with van der Waals surface area (Å²) in [4.78, 5) is 6.48. The van der Waals surface area contributed by atoms with E-state index >= 15 is 0 Å². The van der Waals surface area contributed by atoms with Gasteiger partial charge in [-0.15, -0.1) is 0 Å².